The van der Waals surface area contributed by atoms with Crippen molar-refractivity contribution in [1.82, 2.24) is 5.32 Å². The SMILES string of the molecule is CC(C)(C)C(CCO)NC(=O)/C=C/c1ccc(Cl)cc1. The van der Waals surface area contributed by atoms with Gasteiger partial charge in [0.1, 0.15) is 0 Å². The molecule has 2 N–H and O–H groups in total. The Morgan fingerprint density at radius 1 is 1.35 bits per heavy atom. The molecule has 1 amide bonds. The van der Waals surface area contributed by atoms with E-state index in [9.17, 15) is 4.79 Å². The first-order valence-corrected chi connectivity index (χ1v) is 7.05. The average Bonchev–Trinajstić information content (AvgIpc) is 2.36. The van der Waals surface area contributed by atoms with Crippen molar-refractivity contribution in [3.63, 3.8) is 0 Å². The van der Waals surface area contributed by atoms with Crippen molar-refractivity contribution in [3.8, 4) is 0 Å². The summed E-state index contributed by atoms with van der Waals surface area (Å²) < 4.78 is 0. The molecule has 0 saturated carbocycles. The zero-order valence-electron chi connectivity index (χ0n) is 12.2. The van der Waals surface area contributed by atoms with E-state index in [4.69, 9.17) is 16.7 Å². The van der Waals surface area contributed by atoms with Gasteiger partial charge in [0.2, 0.25) is 5.91 Å². The number of nitrogens with one attached hydrogen (secondary N) is 1. The molecular weight excluding hydrogens is 274 g/mol. The number of rotatable bonds is 5. The number of hydrogen-bond donors (Lipinski definition) is 2. The lowest BCUT2D eigenvalue weighted by Gasteiger charge is -2.30. The van der Waals surface area contributed by atoms with Crippen molar-refractivity contribution >= 4 is 23.6 Å². The van der Waals surface area contributed by atoms with Crippen LogP contribution < -0.4 is 5.32 Å². The normalized spacial score (nSPS) is 13.4. The number of carbonyl (C=O) groups is 1. The lowest BCUT2D eigenvalue weighted by molar-refractivity contribution is -0.118. The summed E-state index contributed by atoms with van der Waals surface area (Å²) in [6.07, 6.45) is 3.79. The molecule has 0 fully saturated rings. The number of carbonyl (C=O) groups excluding carboxylic acids is 1. The fourth-order valence-corrected chi connectivity index (χ4v) is 1.94. The Bertz CT molecular complexity index is 460. The number of halogens is 1. The molecule has 0 spiro atoms. The lowest BCUT2D eigenvalue weighted by atomic mass is 9.85. The van der Waals surface area contributed by atoms with Crippen LogP contribution in [0.2, 0.25) is 5.02 Å². The van der Waals surface area contributed by atoms with E-state index in [1.165, 1.54) is 6.08 Å². The summed E-state index contributed by atoms with van der Waals surface area (Å²) in [5.41, 5.74) is 0.825. The molecular formula is C16H22ClNO2. The molecule has 0 radical (unpaired) electrons. The molecule has 1 aromatic rings. The van der Waals surface area contributed by atoms with E-state index in [0.717, 1.165) is 5.56 Å². The van der Waals surface area contributed by atoms with Crippen LogP contribution in [0.25, 0.3) is 6.08 Å². The quantitative estimate of drug-likeness (QED) is 0.819. The highest BCUT2D eigenvalue weighted by atomic mass is 35.5. The standard InChI is InChI=1S/C16H22ClNO2/c1-16(2,3)14(10-11-19)18-15(20)9-6-12-4-7-13(17)8-5-12/h4-9,14,19H,10-11H2,1-3H3,(H,18,20)/b9-6+. The van der Waals surface area contributed by atoms with Gasteiger partial charge in [-0.1, -0.05) is 44.5 Å². The fraction of sp³-hybridized carbons (Fsp3) is 0.438. The molecule has 0 aromatic heterocycles. The molecule has 0 saturated heterocycles. The third-order valence-electron chi connectivity index (χ3n) is 3.08. The smallest absolute Gasteiger partial charge is 0.244 e. The summed E-state index contributed by atoms with van der Waals surface area (Å²) in [6, 6.07) is 7.20. The zero-order valence-corrected chi connectivity index (χ0v) is 12.9. The van der Waals surface area contributed by atoms with E-state index >= 15 is 0 Å². The van der Waals surface area contributed by atoms with Crippen LogP contribution in [0, 0.1) is 5.41 Å². The molecule has 110 valence electrons. The number of aliphatic hydroxyl groups is 1. The summed E-state index contributed by atoms with van der Waals surface area (Å²) in [7, 11) is 0. The van der Waals surface area contributed by atoms with Gasteiger partial charge in [0, 0.05) is 23.7 Å². The maximum atomic E-state index is 11.9. The molecule has 1 atom stereocenters. The van der Waals surface area contributed by atoms with Crippen LogP contribution in [-0.2, 0) is 4.79 Å². The summed E-state index contributed by atoms with van der Waals surface area (Å²) in [4.78, 5) is 11.9. The highest BCUT2D eigenvalue weighted by Crippen LogP contribution is 2.21. The summed E-state index contributed by atoms with van der Waals surface area (Å²) in [6.45, 7) is 6.17. The lowest BCUT2D eigenvalue weighted by Crippen LogP contribution is -2.43. The van der Waals surface area contributed by atoms with Crippen molar-refractivity contribution in [1.29, 1.82) is 0 Å². The van der Waals surface area contributed by atoms with E-state index in [2.05, 4.69) is 5.32 Å². The van der Waals surface area contributed by atoms with Crippen molar-refractivity contribution in [3.05, 3.63) is 40.9 Å². The van der Waals surface area contributed by atoms with Crippen molar-refractivity contribution in [2.24, 2.45) is 5.41 Å². The van der Waals surface area contributed by atoms with Gasteiger partial charge in [-0.3, -0.25) is 4.79 Å². The molecule has 20 heavy (non-hydrogen) atoms. The van der Waals surface area contributed by atoms with E-state index < -0.39 is 0 Å². The second kappa shape index (κ2) is 7.46. The van der Waals surface area contributed by atoms with E-state index in [1.807, 2.05) is 32.9 Å². The van der Waals surface area contributed by atoms with Gasteiger partial charge in [0.15, 0.2) is 0 Å². The van der Waals surface area contributed by atoms with E-state index in [-0.39, 0.29) is 24.0 Å². The number of hydrogen-bond acceptors (Lipinski definition) is 2. The van der Waals surface area contributed by atoms with Crippen LogP contribution in [0.15, 0.2) is 30.3 Å². The van der Waals surface area contributed by atoms with Crippen LogP contribution in [0.3, 0.4) is 0 Å². The monoisotopic (exact) mass is 295 g/mol. The summed E-state index contributed by atoms with van der Waals surface area (Å²) >= 11 is 5.80. The molecule has 0 bridgehead atoms. The molecule has 1 aromatic carbocycles. The molecule has 1 unspecified atom stereocenters. The van der Waals surface area contributed by atoms with Crippen molar-refractivity contribution in [2.45, 2.75) is 33.2 Å². The largest absolute Gasteiger partial charge is 0.396 e. The van der Waals surface area contributed by atoms with Crippen LogP contribution >= 0.6 is 11.6 Å². The minimum atomic E-state index is -0.159. The van der Waals surface area contributed by atoms with Gasteiger partial charge in [0.25, 0.3) is 0 Å². The summed E-state index contributed by atoms with van der Waals surface area (Å²) in [5, 5.41) is 12.7. The minimum Gasteiger partial charge on any atom is -0.396 e. The van der Waals surface area contributed by atoms with Gasteiger partial charge in [0.05, 0.1) is 0 Å². The van der Waals surface area contributed by atoms with Crippen molar-refractivity contribution < 1.29 is 9.90 Å². The average molecular weight is 296 g/mol. The second-order valence-corrected chi connectivity index (χ2v) is 6.26. The Morgan fingerprint density at radius 3 is 2.45 bits per heavy atom. The molecule has 0 aliphatic rings. The van der Waals surface area contributed by atoms with E-state index in [1.54, 1.807) is 18.2 Å². The molecule has 0 aliphatic heterocycles. The maximum absolute atomic E-state index is 11.9. The molecule has 0 heterocycles. The maximum Gasteiger partial charge on any atom is 0.244 e. The minimum absolute atomic E-state index is 0.0586. The highest BCUT2D eigenvalue weighted by Gasteiger charge is 2.24. The first-order valence-electron chi connectivity index (χ1n) is 6.68. The Morgan fingerprint density at radius 2 is 1.95 bits per heavy atom. The third-order valence-corrected chi connectivity index (χ3v) is 3.33. The predicted molar refractivity (Wildman–Crippen MR) is 83.6 cm³/mol. The highest BCUT2D eigenvalue weighted by molar-refractivity contribution is 6.30. The van der Waals surface area contributed by atoms with E-state index in [0.29, 0.717) is 11.4 Å². The topological polar surface area (TPSA) is 49.3 Å². The van der Waals surface area contributed by atoms with Gasteiger partial charge in [-0.25, -0.2) is 0 Å². The Kier molecular flexibility index (Phi) is 6.24. The van der Waals surface area contributed by atoms with Gasteiger partial charge >= 0.3 is 0 Å². The molecule has 1 rings (SSSR count). The van der Waals surface area contributed by atoms with Gasteiger partial charge in [-0.2, -0.15) is 0 Å². The molecule has 3 nitrogen and oxygen atoms in total. The second-order valence-electron chi connectivity index (χ2n) is 5.82. The van der Waals surface area contributed by atoms with Gasteiger partial charge < -0.3 is 10.4 Å². The van der Waals surface area contributed by atoms with Crippen LogP contribution in [0.5, 0.6) is 0 Å². The Hall–Kier alpha value is -1.32. The number of benzene rings is 1. The number of amides is 1. The fourth-order valence-electron chi connectivity index (χ4n) is 1.82. The van der Waals surface area contributed by atoms with Crippen LogP contribution in [-0.4, -0.2) is 23.7 Å². The first kappa shape index (κ1) is 16.7. The first-order chi connectivity index (χ1) is 9.32. The molecule has 4 heteroatoms. The number of aliphatic hydroxyl groups excluding tert-OH is 1. The van der Waals surface area contributed by atoms with Gasteiger partial charge in [-0.05, 0) is 35.6 Å². The van der Waals surface area contributed by atoms with Crippen molar-refractivity contribution in [2.75, 3.05) is 6.61 Å². The Labute approximate surface area is 125 Å². The summed E-state index contributed by atoms with van der Waals surface area (Å²) in [5.74, 6) is -0.159. The zero-order chi connectivity index (χ0) is 15.2. The molecule has 0 aliphatic carbocycles. The predicted octanol–water partition coefficient (Wildman–Crippen LogP) is 3.27. The van der Waals surface area contributed by atoms with Crippen LogP contribution in [0.1, 0.15) is 32.8 Å². The third kappa shape index (κ3) is 5.76. The Balaban J connectivity index is 2.63. The van der Waals surface area contributed by atoms with Crippen LogP contribution in [0.4, 0.5) is 0 Å². The van der Waals surface area contributed by atoms with Gasteiger partial charge in [-0.15, -0.1) is 0 Å².